The zero-order valence-corrected chi connectivity index (χ0v) is 17.8. The van der Waals surface area contributed by atoms with Gasteiger partial charge in [-0.05, 0) is 38.0 Å². The number of fused-ring (bicyclic) bond motifs is 4. The predicted octanol–water partition coefficient (Wildman–Crippen LogP) is 0.310. The van der Waals surface area contributed by atoms with E-state index in [4.69, 9.17) is 4.74 Å². The van der Waals surface area contributed by atoms with Crippen LogP contribution in [-0.4, -0.2) is 77.7 Å². The third-order valence-corrected chi connectivity index (χ3v) is 6.73. The minimum atomic E-state index is -0.629. The fourth-order valence-corrected chi connectivity index (χ4v) is 5.28. The lowest BCUT2D eigenvalue weighted by Gasteiger charge is -2.52. The molecule has 164 valence electrons. The average Bonchev–Trinajstić information content (AvgIpc) is 3.01. The van der Waals surface area contributed by atoms with Crippen molar-refractivity contribution in [3.05, 3.63) is 23.3 Å². The molecule has 9 heteroatoms. The first kappa shape index (κ1) is 20.0. The van der Waals surface area contributed by atoms with Crippen LogP contribution in [0.5, 0.6) is 5.75 Å². The number of anilines is 1. The third-order valence-electron chi connectivity index (χ3n) is 6.73. The van der Waals surface area contributed by atoms with Crippen LogP contribution in [0.25, 0.3) is 0 Å². The van der Waals surface area contributed by atoms with E-state index >= 15 is 0 Å². The van der Waals surface area contributed by atoms with E-state index in [1.54, 1.807) is 17.9 Å². The number of piperidine rings is 1. The molecule has 5 rings (SSSR count). The topological polar surface area (TPSA) is 99.3 Å². The van der Waals surface area contributed by atoms with Crippen molar-refractivity contribution < 1.29 is 23.9 Å². The molecular formula is C22H26N4O5. The van der Waals surface area contributed by atoms with Crippen LogP contribution in [0.15, 0.2) is 12.1 Å². The summed E-state index contributed by atoms with van der Waals surface area (Å²) in [6.07, 6.45) is 0.579. The van der Waals surface area contributed by atoms with Gasteiger partial charge in [0.1, 0.15) is 24.2 Å². The Kier molecular flexibility index (Phi) is 4.55. The van der Waals surface area contributed by atoms with Gasteiger partial charge in [-0.3, -0.25) is 29.4 Å². The number of imide groups is 1. The smallest absolute Gasteiger partial charge is 0.255 e. The SMILES string of the molecule is CC(=O)CN1CCN2c3cc4c(cc3OC[C@]2(C)C1)C(=O)N(C1CCC(=O)NC1=O)C4. The van der Waals surface area contributed by atoms with Gasteiger partial charge < -0.3 is 14.5 Å². The fourth-order valence-electron chi connectivity index (χ4n) is 5.28. The molecule has 1 aromatic carbocycles. The van der Waals surface area contributed by atoms with Crippen molar-refractivity contribution in [2.45, 2.75) is 44.8 Å². The number of rotatable bonds is 3. The quantitative estimate of drug-likeness (QED) is 0.695. The number of piperazine rings is 1. The highest BCUT2D eigenvalue weighted by molar-refractivity contribution is 6.06. The maximum Gasteiger partial charge on any atom is 0.255 e. The number of ether oxygens (including phenoxy) is 1. The second kappa shape index (κ2) is 7.05. The molecule has 31 heavy (non-hydrogen) atoms. The number of nitrogens with zero attached hydrogens (tertiary/aromatic N) is 3. The standard InChI is InChI=1S/C22H26N4O5/c1-13(27)9-24-5-6-26-17-7-14-10-25(16-3-4-19(28)23-20(16)29)21(30)15(14)8-18(17)31-12-22(26,2)11-24/h7-8,16H,3-6,9-12H2,1-2H3,(H,23,28,29)/t16?,22-/m0/s1. The summed E-state index contributed by atoms with van der Waals surface area (Å²) in [6.45, 7) is 7.27. The van der Waals surface area contributed by atoms with Crippen molar-refractivity contribution in [1.82, 2.24) is 15.1 Å². The van der Waals surface area contributed by atoms with Gasteiger partial charge in [0.25, 0.3) is 5.91 Å². The molecule has 2 saturated heterocycles. The highest BCUT2D eigenvalue weighted by atomic mass is 16.5. The molecule has 4 heterocycles. The molecule has 1 unspecified atom stereocenters. The van der Waals surface area contributed by atoms with E-state index in [-0.39, 0.29) is 29.6 Å². The van der Waals surface area contributed by atoms with Crippen molar-refractivity contribution in [3.63, 3.8) is 0 Å². The van der Waals surface area contributed by atoms with Crippen molar-refractivity contribution in [2.75, 3.05) is 37.7 Å². The van der Waals surface area contributed by atoms with Gasteiger partial charge in [-0.25, -0.2) is 0 Å². The molecule has 2 atom stereocenters. The van der Waals surface area contributed by atoms with Gasteiger partial charge in [0.15, 0.2) is 0 Å². The lowest BCUT2D eigenvalue weighted by atomic mass is 9.93. The number of amides is 3. The lowest BCUT2D eigenvalue weighted by Crippen LogP contribution is -2.65. The Morgan fingerprint density at radius 1 is 1.26 bits per heavy atom. The molecule has 0 aromatic heterocycles. The highest BCUT2D eigenvalue weighted by Crippen LogP contribution is 2.43. The monoisotopic (exact) mass is 426 g/mol. The molecule has 1 aromatic rings. The van der Waals surface area contributed by atoms with Crippen LogP contribution in [0.4, 0.5) is 5.69 Å². The average molecular weight is 426 g/mol. The van der Waals surface area contributed by atoms with Crippen LogP contribution in [0.3, 0.4) is 0 Å². The Balaban J connectivity index is 1.41. The molecule has 0 radical (unpaired) electrons. The summed E-state index contributed by atoms with van der Waals surface area (Å²) in [5.41, 5.74) is 2.11. The van der Waals surface area contributed by atoms with Gasteiger partial charge in [0.05, 0.1) is 17.8 Å². The molecular weight excluding hydrogens is 400 g/mol. The normalized spacial score (nSPS) is 27.9. The van der Waals surface area contributed by atoms with Crippen LogP contribution >= 0.6 is 0 Å². The van der Waals surface area contributed by atoms with E-state index in [1.165, 1.54) is 0 Å². The Hall–Kier alpha value is -2.94. The van der Waals surface area contributed by atoms with Crippen molar-refractivity contribution >= 4 is 29.2 Å². The largest absolute Gasteiger partial charge is 0.489 e. The van der Waals surface area contributed by atoms with Gasteiger partial charge in [0, 0.05) is 38.2 Å². The number of ketones is 1. The minimum absolute atomic E-state index is 0.152. The summed E-state index contributed by atoms with van der Waals surface area (Å²) in [5.74, 6) is -0.0747. The predicted molar refractivity (Wildman–Crippen MR) is 111 cm³/mol. The zero-order chi connectivity index (χ0) is 21.9. The first-order chi connectivity index (χ1) is 14.7. The Morgan fingerprint density at radius 2 is 2.06 bits per heavy atom. The first-order valence-electron chi connectivity index (χ1n) is 10.7. The molecule has 0 saturated carbocycles. The van der Waals surface area contributed by atoms with Gasteiger partial charge >= 0.3 is 0 Å². The number of nitrogens with one attached hydrogen (secondary N) is 1. The van der Waals surface area contributed by atoms with Crippen LogP contribution in [0.2, 0.25) is 0 Å². The number of carbonyl (C=O) groups is 4. The van der Waals surface area contributed by atoms with E-state index in [1.807, 2.05) is 6.07 Å². The van der Waals surface area contributed by atoms with E-state index in [9.17, 15) is 19.2 Å². The summed E-state index contributed by atoms with van der Waals surface area (Å²) >= 11 is 0. The maximum absolute atomic E-state index is 13.1. The molecule has 2 fully saturated rings. The summed E-state index contributed by atoms with van der Waals surface area (Å²) in [6, 6.07) is 3.17. The minimum Gasteiger partial charge on any atom is -0.489 e. The van der Waals surface area contributed by atoms with Crippen molar-refractivity contribution in [3.8, 4) is 5.75 Å². The van der Waals surface area contributed by atoms with E-state index < -0.39 is 11.9 Å². The molecule has 0 aliphatic carbocycles. The van der Waals surface area contributed by atoms with Gasteiger partial charge in [0.2, 0.25) is 11.8 Å². The maximum atomic E-state index is 13.1. The summed E-state index contributed by atoms with van der Waals surface area (Å²) < 4.78 is 6.09. The second-order valence-electron chi connectivity index (χ2n) is 9.23. The number of hydrogen-bond acceptors (Lipinski definition) is 7. The van der Waals surface area contributed by atoms with Gasteiger partial charge in [-0.15, -0.1) is 0 Å². The van der Waals surface area contributed by atoms with Crippen LogP contribution in [0.1, 0.15) is 42.6 Å². The number of hydrogen-bond donors (Lipinski definition) is 1. The molecule has 0 bridgehead atoms. The van der Waals surface area contributed by atoms with Crippen LogP contribution < -0.4 is 15.0 Å². The van der Waals surface area contributed by atoms with Crippen molar-refractivity contribution in [2.24, 2.45) is 0 Å². The fraction of sp³-hybridized carbons (Fsp3) is 0.545. The molecule has 9 nitrogen and oxygen atoms in total. The van der Waals surface area contributed by atoms with E-state index in [2.05, 4.69) is 22.0 Å². The Labute approximate surface area is 180 Å². The molecule has 1 N–H and O–H groups in total. The van der Waals surface area contributed by atoms with Gasteiger partial charge in [-0.1, -0.05) is 0 Å². The molecule has 4 aliphatic heterocycles. The summed E-state index contributed by atoms with van der Waals surface area (Å²) in [4.78, 5) is 54.4. The molecule has 0 spiro atoms. The first-order valence-corrected chi connectivity index (χ1v) is 10.7. The number of Topliss-reactive ketones (excluding diaryl/α,β-unsaturated/α-hetero) is 1. The van der Waals surface area contributed by atoms with E-state index in [0.29, 0.717) is 37.4 Å². The Morgan fingerprint density at radius 3 is 2.81 bits per heavy atom. The Bertz CT molecular complexity index is 1010. The molecule has 3 amide bonds. The lowest BCUT2D eigenvalue weighted by molar-refractivity contribution is -0.137. The van der Waals surface area contributed by atoms with E-state index in [0.717, 1.165) is 30.9 Å². The second-order valence-corrected chi connectivity index (χ2v) is 9.23. The van der Waals surface area contributed by atoms with Crippen molar-refractivity contribution in [1.29, 1.82) is 0 Å². The van der Waals surface area contributed by atoms with Crippen LogP contribution in [0, 0.1) is 0 Å². The highest BCUT2D eigenvalue weighted by Gasteiger charge is 2.45. The number of carbonyl (C=O) groups excluding carboxylic acids is 4. The zero-order valence-electron chi connectivity index (χ0n) is 17.8. The van der Waals surface area contributed by atoms with Crippen LogP contribution in [-0.2, 0) is 20.9 Å². The van der Waals surface area contributed by atoms with Gasteiger partial charge in [-0.2, -0.15) is 0 Å². The number of benzene rings is 1. The molecule has 4 aliphatic rings. The third kappa shape index (κ3) is 3.27. The summed E-state index contributed by atoms with van der Waals surface area (Å²) in [7, 11) is 0. The summed E-state index contributed by atoms with van der Waals surface area (Å²) in [5, 5.41) is 2.34.